The number of likely N-dealkylation sites (tertiary alicyclic amines) is 1. The van der Waals surface area contributed by atoms with Gasteiger partial charge in [0, 0.05) is 24.7 Å². The molecule has 3 rings (SSSR count). The van der Waals surface area contributed by atoms with E-state index in [1.54, 1.807) is 7.11 Å². The van der Waals surface area contributed by atoms with E-state index in [2.05, 4.69) is 10.2 Å². The molecule has 0 bridgehead atoms. The molecule has 1 amide bonds. The monoisotopic (exact) mass is 318 g/mol. The molecule has 2 aliphatic rings. The Bertz CT molecular complexity index is 546. The van der Waals surface area contributed by atoms with Crippen molar-refractivity contribution in [1.82, 2.24) is 4.90 Å². The SMILES string of the molecule is COc1ccc(NC(=O)CN2CCC3(O)CCCCC3C2)cc1. The number of hydrogen-bond acceptors (Lipinski definition) is 4. The summed E-state index contributed by atoms with van der Waals surface area (Å²) in [6.45, 7) is 2.01. The molecule has 126 valence electrons. The third-order valence-corrected chi connectivity index (χ3v) is 5.25. The Labute approximate surface area is 137 Å². The standard InChI is InChI=1S/C18H26N2O3/c1-23-16-7-5-15(6-8-16)19-17(21)13-20-11-10-18(22)9-3-2-4-14(18)12-20/h5-8,14,22H,2-4,9-13H2,1H3,(H,19,21). The fraction of sp³-hybridized carbons (Fsp3) is 0.611. The molecule has 5 heteroatoms. The van der Waals surface area contributed by atoms with Crippen LogP contribution >= 0.6 is 0 Å². The number of fused-ring (bicyclic) bond motifs is 1. The van der Waals surface area contributed by atoms with Crippen LogP contribution in [0.3, 0.4) is 0 Å². The van der Waals surface area contributed by atoms with E-state index in [-0.39, 0.29) is 5.91 Å². The van der Waals surface area contributed by atoms with E-state index < -0.39 is 5.60 Å². The Hall–Kier alpha value is -1.59. The molecule has 2 fully saturated rings. The molecular formula is C18H26N2O3. The van der Waals surface area contributed by atoms with Crippen LogP contribution in [0.5, 0.6) is 5.75 Å². The maximum Gasteiger partial charge on any atom is 0.238 e. The van der Waals surface area contributed by atoms with Crippen LogP contribution in [-0.4, -0.2) is 48.3 Å². The van der Waals surface area contributed by atoms with Gasteiger partial charge in [0.05, 0.1) is 19.3 Å². The molecule has 0 radical (unpaired) electrons. The van der Waals surface area contributed by atoms with E-state index >= 15 is 0 Å². The van der Waals surface area contributed by atoms with E-state index in [4.69, 9.17) is 4.74 Å². The van der Waals surface area contributed by atoms with Gasteiger partial charge < -0.3 is 15.2 Å². The van der Waals surface area contributed by atoms with Gasteiger partial charge in [0.1, 0.15) is 5.75 Å². The molecule has 2 N–H and O–H groups in total. The van der Waals surface area contributed by atoms with Crippen LogP contribution in [0.4, 0.5) is 5.69 Å². The molecule has 1 aromatic carbocycles. The number of nitrogens with one attached hydrogen (secondary N) is 1. The Morgan fingerprint density at radius 2 is 2.13 bits per heavy atom. The Balaban J connectivity index is 1.52. The molecule has 1 heterocycles. The van der Waals surface area contributed by atoms with Crippen LogP contribution in [-0.2, 0) is 4.79 Å². The highest BCUT2D eigenvalue weighted by Crippen LogP contribution is 2.39. The second kappa shape index (κ2) is 6.89. The quantitative estimate of drug-likeness (QED) is 0.894. The lowest BCUT2D eigenvalue weighted by Crippen LogP contribution is -2.54. The minimum absolute atomic E-state index is 0.00332. The Kier molecular flexibility index (Phi) is 4.87. The zero-order valence-electron chi connectivity index (χ0n) is 13.8. The van der Waals surface area contributed by atoms with Gasteiger partial charge in [0.25, 0.3) is 0 Å². The molecule has 1 aromatic rings. The summed E-state index contributed by atoms with van der Waals surface area (Å²) in [5.41, 5.74) is 0.295. The first-order chi connectivity index (χ1) is 11.1. The zero-order valence-corrected chi connectivity index (χ0v) is 13.8. The van der Waals surface area contributed by atoms with Gasteiger partial charge >= 0.3 is 0 Å². The van der Waals surface area contributed by atoms with Gasteiger partial charge in [0.2, 0.25) is 5.91 Å². The molecule has 1 aliphatic heterocycles. The number of ether oxygens (including phenoxy) is 1. The number of hydrogen-bond donors (Lipinski definition) is 2. The van der Waals surface area contributed by atoms with Crippen LogP contribution < -0.4 is 10.1 Å². The van der Waals surface area contributed by atoms with E-state index in [1.807, 2.05) is 24.3 Å². The van der Waals surface area contributed by atoms with Gasteiger partial charge in [-0.2, -0.15) is 0 Å². The molecule has 1 saturated heterocycles. The third kappa shape index (κ3) is 3.85. The number of amides is 1. The average Bonchev–Trinajstić information content (AvgIpc) is 2.55. The lowest BCUT2D eigenvalue weighted by Gasteiger charge is -2.47. The fourth-order valence-corrected chi connectivity index (χ4v) is 3.86. The number of nitrogens with zero attached hydrogens (tertiary/aromatic N) is 1. The van der Waals surface area contributed by atoms with Gasteiger partial charge in [-0.1, -0.05) is 12.8 Å². The molecule has 5 nitrogen and oxygen atoms in total. The molecule has 0 aromatic heterocycles. The van der Waals surface area contributed by atoms with Gasteiger partial charge in [-0.25, -0.2) is 0 Å². The number of aliphatic hydroxyl groups is 1. The minimum Gasteiger partial charge on any atom is -0.497 e. The van der Waals surface area contributed by atoms with Crippen molar-refractivity contribution in [3.63, 3.8) is 0 Å². The lowest BCUT2D eigenvalue weighted by molar-refractivity contribution is -0.123. The Morgan fingerprint density at radius 1 is 1.35 bits per heavy atom. The maximum atomic E-state index is 12.2. The van der Waals surface area contributed by atoms with E-state index in [9.17, 15) is 9.90 Å². The number of carbonyl (C=O) groups excluding carboxylic acids is 1. The number of methoxy groups -OCH3 is 1. The number of piperidine rings is 1. The second-order valence-electron chi connectivity index (χ2n) is 6.81. The van der Waals surface area contributed by atoms with Crippen LogP contribution in [0.25, 0.3) is 0 Å². The van der Waals surface area contributed by atoms with Crippen molar-refractivity contribution in [2.75, 3.05) is 32.1 Å². The highest BCUT2D eigenvalue weighted by Gasteiger charge is 2.42. The van der Waals surface area contributed by atoms with Crippen molar-refractivity contribution in [3.8, 4) is 5.75 Å². The molecular weight excluding hydrogens is 292 g/mol. The third-order valence-electron chi connectivity index (χ3n) is 5.25. The fourth-order valence-electron chi connectivity index (χ4n) is 3.86. The van der Waals surface area contributed by atoms with Gasteiger partial charge in [-0.3, -0.25) is 9.69 Å². The lowest BCUT2D eigenvalue weighted by atomic mass is 9.71. The summed E-state index contributed by atoms with van der Waals surface area (Å²) < 4.78 is 5.11. The summed E-state index contributed by atoms with van der Waals surface area (Å²) in [7, 11) is 1.62. The predicted octanol–water partition coefficient (Wildman–Crippen LogP) is 2.26. The van der Waals surface area contributed by atoms with E-state index in [0.29, 0.717) is 12.5 Å². The molecule has 23 heavy (non-hydrogen) atoms. The summed E-state index contributed by atoms with van der Waals surface area (Å²) in [6.07, 6.45) is 5.11. The number of anilines is 1. The van der Waals surface area contributed by atoms with Crippen LogP contribution in [0, 0.1) is 5.92 Å². The number of benzene rings is 1. The van der Waals surface area contributed by atoms with Crippen LogP contribution in [0.2, 0.25) is 0 Å². The van der Waals surface area contributed by atoms with Gasteiger partial charge in [-0.05, 0) is 43.5 Å². The van der Waals surface area contributed by atoms with Crippen molar-refractivity contribution in [2.45, 2.75) is 37.7 Å². The van der Waals surface area contributed by atoms with Crippen molar-refractivity contribution >= 4 is 11.6 Å². The first kappa shape index (κ1) is 16.3. The highest BCUT2D eigenvalue weighted by atomic mass is 16.5. The number of rotatable bonds is 4. The molecule has 2 atom stereocenters. The summed E-state index contributed by atoms with van der Waals surface area (Å²) in [4.78, 5) is 14.4. The largest absolute Gasteiger partial charge is 0.497 e. The zero-order chi connectivity index (χ0) is 16.3. The first-order valence-electron chi connectivity index (χ1n) is 8.48. The van der Waals surface area contributed by atoms with Crippen molar-refractivity contribution < 1.29 is 14.6 Å². The molecule has 0 spiro atoms. The van der Waals surface area contributed by atoms with Crippen LogP contribution in [0.1, 0.15) is 32.1 Å². The summed E-state index contributed by atoms with van der Waals surface area (Å²) >= 11 is 0. The van der Waals surface area contributed by atoms with Crippen molar-refractivity contribution in [1.29, 1.82) is 0 Å². The normalized spacial score (nSPS) is 28.0. The van der Waals surface area contributed by atoms with Crippen LogP contribution in [0.15, 0.2) is 24.3 Å². The summed E-state index contributed by atoms with van der Waals surface area (Å²) in [5, 5.41) is 13.6. The topological polar surface area (TPSA) is 61.8 Å². The summed E-state index contributed by atoms with van der Waals surface area (Å²) in [5.74, 6) is 1.09. The predicted molar refractivity (Wildman–Crippen MR) is 89.6 cm³/mol. The molecule has 1 saturated carbocycles. The van der Waals surface area contributed by atoms with E-state index in [1.165, 1.54) is 6.42 Å². The van der Waals surface area contributed by atoms with E-state index in [0.717, 1.165) is 50.2 Å². The van der Waals surface area contributed by atoms with Gasteiger partial charge in [-0.15, -0.1) is 0 Å². The smallest absolute Gasteiger partial charge is 0.238 e. The van der Waals surface area contributed by atoms with Crippen molar-refractivity contribution in [3.05, 3.63) is 24.3 Å². The molecule has 1 aliphatic carbocycles. The number of carbonyl (C=O) groups is 1. The van der Waals surface area contributed by atoms with Gasteiger partial charge in [0.15, 0.2) is 0 Å². The highest BCUT2D eigenvalue weighted by molar-refractivity contribution is 5.92. The minimum atomic E-state index is -0.485. The summed E-state index contributed by atoms with van der Waals surface area (Å²) in [6, 6.07) is 7.34. The second-order valence-corrected chi connectivity index (χ2v) is 6.81. The molecule has 2 unspecified atom stereocenters. The average molecular weight is 318 g/mol. The first-order valence-corrected chi connectivity index (χ1v) is 8.48. The Morgan fingerprint density at radius 3 is 2.87 bits per heavy atom. The maximum absolute atomic E-state index is 12.2. The van der Waals surface area contributed by atoms with Crippen molar-refractivity contribution in [2.24, 2.45) is 5.92 Å².